The van der Waals surface area contributed by atoms with E-state index in [1.165, 1.54) is 21.2 Å². The number of thioether (sulfide) groups is 1. The van der Waals surface area contributed by atoms with Crippen LogP contribution in [0.15, 0.2) is 59.8 Å². The van der Waals surface area contributed by atoms with Gasteiger partial charge in [0.2, 0.25) is 0 Å². The van der Waals surface area contributed by atoms with Crippen LogP contribution in [-0.2, 0) is 7.05 Å². The molecule has 0 amide bonds. The number of benzene rings is 2. The van der Waals surface area contributed by atoms with Crippen molar-refractivity contribution in [3.05, 3.63) is 60.4 Å². The topological polar surface area (TPSA) is 29.9 Å². The SMILES string of the molecule is CNC(CSc1cnn(C)c1)c1ccc2ccccc2c1. The molecule has 0 aliphatic carbocycles. The summed E-state index contributed by atoms with van der Waals surface area (Å²) >= 11 is 1.83. The second kappa shape index (κ2) is 6.33. The number of rotatable bonds is 5. The number of aromatic nitrogens is 2. The van der Waals surface area contributed by atoms with E-state index >= 15 is 0 Å². The van der Waals surface area contributed by atoms with Crippen molar-refractivity contribution < 1.29 is 0 Å². The number of nitrogens with zero attached hydrogens (tertiary/aromatic N) is 2. The van der Waals surface area contributed by atoms with E-state index in [2.05, 4.69) is 59.1 Å². The van der Waals surface area contributed by atoms with E-state index < -0.39 is 0 Å². The number of nitrogens with one attached hydrogen (secondary N) is 1. The first kappa shape index (κ1) is 14.2. The average Bonchev–Trinajstić information content (AvgIpc) is 2.93. The van der Waals surface area contributed by atoms with Gasteiger partial charge in [0.15, 0.2) is 0 Å². The smallest absolute Gasteiger partial charge is 0.0625 e. The van der Waals surface area contributed by atoms with E-state index in [0.717, 1.165) is 5.75 Å². The highest BCUT2D eigenvalue weighted by Crippen LogP contribution is 2.26. The molecule has 0 radical (unpaired) electrons. The van der Waals surface area contributed by atoms with E-state index in [0.29, 0.717) is 6.04 Å². The Bertz CT molecular complexity index is 735. The standard InChI is InChI=1S/C17H19N3S/c1-18-17(12-21-16-10-19-20(2)11-16)15-8-7-13-5-3-4-6-14(13)9-15/h3-11,17-18H,12H2,1-2H3. The summed E-state index contributed by atoms with van der Waals surface area (Å²) in [6.07, 6.45) is 3.97. The molecular weight excluding hydrogens is 278 g/mol. The van der Waals surface area contributed by atoms with Crippen LogP contribution < -0.4 is 5.32 Å². The molecule has 0 aliphatic heterocycles. The molecule has 0 saturated heterocycles. The lowest BCUT2D eigenvalue weighted by Gasteiger charge is -2.16. The molecule has 0 bridgehead atoms. The van der Waals surface area contributed by atoms with Gasteiger partial charge in [0, 0.05) is 29.9 Å². The van der Waals surface area contributed by atoms with E-state index in [1.807, 2.05) is 36.7 Å². The monoisotopic (exact) mass is 297 g/mol. The zero-order valence-corrected chi connectivity index (χ0v) is 13.1. The summed E-state index contributed by atoms with van der Waals surface area (Å²) in [5.74, 6) is 0.987. The molecule has 1 N–H and O–H groups in total. The van der Waals surface area contributed by atoms with Crippen LogP contribution in [0, 0.1) is 0 Å². The van der Waals surface area contributed by atoms with Gasteiger partial charge in [0.1, 0.15) is 0 Å². The Balaban J connectivity index is 1.77. The van der Waals surface area contributed by atoms with Gasteiger partial charge in [0.05, 0.1) is 6.20 Å². The molecule has 0 fully saturated rings. The number of hydrogen-bond donors (Lipinski definition) is 1. The fourth-order valence-corrected chi connectivity index (χ4v) is 3.49. The predicted octanol–water partition coefficient (Wildman–Crippen LogP) is 3.63. The van der Waals surface area contributed by atoms with Gasteiger partial charge in [-0.3, -0.25) is 4.68 Å². The van der Waals surface area contributed by atoms with Crippen molar-refractivity contribution in [2.75, 3.05) is 12.8 Å². The molecule has 3 rings (SSSR count). The minimum absolute atomic E-state index is 0.333. The third kappa shape index (κ3) is 3.28. The Morgan fingerprint density at radius 1 is 1.19 bits per heavy atom. The lowest BCUT2D eigenvalue weighted by atomic mass is 10.0. The molecule has 4 heteroatoms. The zero-order valence-electron chi connectivity index (χ0n) is 12.3. The molecule has 0 aliphatic rings. The maximum absolute atomic E-state index is 4.21. The highest BCUT2D eigenvalue weighted by atomic mass is 32.2. The third-order valence-corrected chi connectivity index (χ3v) is 4.67. The van der Waals surface area contributed by atoms with Crippen molar-refractivity contribution in [2.45, 2.75) is 10.9 Å². The van der Waals surface area contributed by atoms with Crippen LogP contribution in [0.1, 0.15) is 11.6 Å². The molecule has 21 heavy (non-hydrogen) atoms. The summed E-state index contributed by atoms with van der Waals surface area (Å²) in [5, 5.41) is 10.2. The molecular formula is C17H19N3S. The van der Waals surface area contributed by atoms with Crippen molar-refractivity contribution in [1.82, 2.24) is 15.1 Å². The quantitative estimate of drug-likeness (QED) is 0.729. The highest BCUT2D eigenvalue weighted by Gasteiger charge is 2.11. The molecule has 1 aromatic heterocycles. The van der Waals surface area contributed by atoms with Gasteiger partial charge in [0.25, 0.3) is 0 Å². The number of fused-ring (bicyclic) bond motifs is 1. The average molecular weight is 297 g/mol. The highest BCUT2D eigenvalue weighted by molar-refractivity contribution is 7.99. The molecule has 1 heterocycles. The van der Waals surface area contributed by atoms with Gasteiger partial charge in [-0.05, 0) is 29.4 Å². The van der Waals surface area contributed by atoms with Gasteiger partial charge in [-0.15, -0.1) is 11.8 Å². The number of aryl methyl sites for hydroxylation is 1. The van der Waals surface area contributed by atoms with Crippen LogP contribution in [0.2, 0.25) is 0 Å². The van der Waals surface area contributed by atoms with Gasteiger partial charge >= 0.3 is 0 Å². The maximum atomic E-state index is 4.21. The van der Waals surface area contributed by atoms with Crippen molar-refractivity contribution in [3.8, 4) is 0 Å². The second-order valence-electron chi connectivity index (χ2n) is 5.11. The van der Waals surface area contributed by atoms with E-state index in [1.54, 1.807) is 0 Å². The Labute approximate surface area is 129 Å². The lowest BCUT2D eigenvalue weighted by Crippen LogP contribution is -2.18. The lowest BCUT2D eigenvalue weighted by molar-refractivity contribution is 0.662. The van der Waals surface area contributed by atoms with Crippen LogP contribution >= 0.6 is 11.8 Å². The summed E-state index contributed by atoms with van der Waals surface area (Å²) in [6.45, 7) is 0. The van der Waals surface area contributed by atoms with E-state index in [4.69, 9.17) is 0 Å². The third-order valence-electron chi connectivity index (χ3n) is 3.62. The summed E-state index contributed by atoms with van der Waals surface area (Å²) in [6, 6.07) is 15.5. The van der Waals surface area contributed by atoms with Crippen molar-refractivity contribution in [1.29, 1.82) is 0 Å². The van der Waals surface area contributed by atoms with Crippen molar-refractivity contribution >= 4 is 22.5 Å². The van der Waals surface area contributed by atoms with Crippen molar-refractivity contribution in [3.63, 3.8) is 0 Å². The van der Waals surface area contributed by atoms with Gasteiger partial charge < -0.3 is 5.32 Å². The van der Waals surface area contributed by atoms with Gasteiger partial charge in [-0.1, -0.05) is 36.4 Å². The summed E-state index contributed by atoms with van der Waals surface area (Å²) in [7, 11) is 3.96. The van der Waals surface area contributed by atoms with Crippen LogP contribution in [0.4, 0.5) is 0 Å². The molecule has 1 atom stereocenters. The van der Waals surface area contributed by atoms with Crippen LogP contribution in [0.3, 0.4) is 0 Å². The summed E-state index contributed by atoms with van der Waals surface area (Å²) < 4.78 is 1.84. The fourth-order valence-electron chi connectivity index (χ4n) is 2.42. The van der Waals surface area contributed by atoms with E-state index in [9.17, 15) is 0 Å². The van der Waals surface area contributed by atoms with Gasteiger partial charge in [-0.2, -0.15) is 5.10 Å². The second-order valence-corrected chi connectivity index (χ2v) is 6.20. The Kier molecular flexibility index (Phi) is 4.27. The normalized spacial score (nSPS) is 12.7. The van der Waals surface area contributed by atoms with Gasteiger partial charge in [-0.25, -0.2) is 0 Å². The zero-order chi connectivity index (χ0) is 14.7. The summed E-state index contributed by atoms with van der Waals surface area (Å²) in [5.41, 5.74) is 1.33. The first-order valence-corrected chi connectivity index (χ1v) is 8.02. The first-order chi connectivity index (χ1) is 10.3. The Morgan fingerprint density at radius 3 is 2.71 bits per heavy atom. The van der Waals surface area contributed by atoms with Crippen molar-refractivity contribution in [2.24, 2.45) is 7.05 Å². The van der Waals surface area contributed by atoms with Crippen LogP contribution in [0.25, 0.3) is 10.8 Å². The first-order valence-electron chi connectivity index (χ1n) is 7.03. The predicted molar refractivity (Wildman–Crippen MR) is 89.7 cm³/mol. The largest absolute Gasteiger partial charge is 0.312 e. The molecule has 108 valence electrons. The Morgan fingerprint density at radius 2 is 2.00 bits per heavy atom. The molecule has 2 aromatic carbocycles. The fraction of sp³-hybridized carbons (Fsp3) is 0.235. The number of hydrogen-bond acceptors (Lipinski definition) is 3. The molecule has 0 spiro atoms. The van der Waals surface area contributed by atoms with Crippen LogP contribution in [-0.4, -0.2) is 22.6 Å². The Hall–Kier alpha value is -1.78. The van der Waals surface area contributed by atoms with Crippen LogP contribution in [0.5, 0.6) is 0 Å². The summed E-state index contributed by atoms with van der Waals surface area (Å²) in [4.78, 5) is 1.21. The molecule has 0 saturated carbocycles. The minimum Gasteiger partial charge on any atom is -0.312 e. The minimum atomic E-state index is 0.333. The molecule has 3 aromatic rings. The molecule has 1 unspecified atom stereocenters. The van der Waals surface area contributed by atoms with E-state index in [-0.39, 0.29) is 0 Å². The maximum Gasteiger partial charge on any atom is 0.0625 e. The molecule has 3 nitrogen and oxygen atoms in total.